The second-order valence-corrected chi connectivity index (χ2v) is 6.72. The minimum atomic E-state index is -4.51. The summed E-state index contributed by atoms with van der Waals surface area (Å²) in [6.45, 7) is 3.28. The van der Waals surface area contributed by atoms with Gasteiger partial charge in [-0.05, 0) is 29.1 Å². The van der Waals surface area contributed by atoms with Crippen LogP contribution in [0.25, 0.3) is 0 Å². The Morgan fingerprint density at radius 2 is 1.88 bits per heavy atom. The summed E-state index contributed by atoms with van der Waals surface area (Å²) in [5.41, 5.74) is 0.743. The Bertz CT molecular complexity index is 675. The first kappa shape index (κ1) is 18.2. The Morgan fingerprint density at radius 3 is 2.52 bits per heavy atom. The fourth-order valence-electron chi connectivity index (χ4n) is 2.89. The maximum absolute atomic E-state index is 13.2. The smallest absolute Gasteiger partial charge is 0.428 e. The van der Waals surface area contributed by atoms with E-state index in [1.165, 1.54) is 12.1 Å². The highest BCUT2D eigenvalue weighted by Gasteiger charge is 2.44. The zero-order valence-corrected chi connectivity index (χ0v) is 14.1. The number of rotatable bonds is 6. The Balaban J connectivity index is 1.90. The molecule has 3 rings (SSSR count). The first-order valence-corrected chi connectivity index (χ1v) is 8.78. The average Bonchev–Trinajstić information content (AvgIpc) is 3.10. The number of nitrogens with zero attached hydrogens (tertiary/aromatic N) is 1. The van der Waals surface area contributed by atoms with E-state index in [4.69, 9.17) is 0 Å². The van der Waals surface area contributed by atoms with E-state index in [0.717, 1.165) is 36.6 Å². The van der Waals surface area contributed by atoms with Crippen molar-refractivity contribution < 1.29 is 22.3 Å². The fourth-order valence-corrected chi connectivity index (χ4v) is 3.78. The predicted octanol–water partition coefficient (Wildman–Crippen LogP) is 3.98. The van der Waals surface area contributed by atoms with E-state index >= 15 is 0 Å². The second kappa shape index (κ2) is 7.72. The maximum Gasteiger partial charge on any atom is 0.461 e. The predicted molar refractivity (Wildman–Crippen MR) is 88.6 cm³/mol. The number of thiophene rings is 1. The van der Waals surface area contributed by atoms with Gasteiger partial charge in [0.2, 0.25) is 0 Å². The Hall–Kier alpha value is -1.64. The summed E-state index contributed by atoms with van der Waals surface area (Å²) in [7, 11) is 0. The minimum Gasteiger partial charge on any atom is -0.428 e. The van der Waals surface area contributed by atoms with Crippen LogP contribution in [0, 0.1) is 0 Å². The summed E-state index contributed by atoms with van der Waals surface area (Å²) in [6, 6.07) is 9.84. The topological polar surface area (TPSA) is 24.5 Å². The molecule has 1 aliphatic rings. The van der Waals surface area contributed by atoms with Crippen molar-refractivity contribution in [2.24, 2.45) is 0 Å². The first-order chi connectivity index (χ1) is 12.0. The SMILES string of the molecule is FC(F)C(F)(F)Oc1cccc([C@H](c2cccs2)N2CCNCC2)c1. The van der Waals surface area contributed by atoms with Gasteiger partial charge in [-0.1, -0.05) is 18.2 Å². The number of benzene rings is 1. The van der Waals surface area contributed by atoms with Crippen molar-refractivity contribution >= 4 is 11.3 Å². The van der Waals surface area contributed by atoms with E-state index in [1.54, 1.807) is 23.5 Å². The van der Waals surface area contributed by atoms with Gasteiger partial charge in [0.1, 0.15) is 5.75 Å². The summed E-state index contributed by atoms with van der Waals surface area (Å²) >= 11 is 1.57. The molecule has 1 aliphatic heterocycles. The third kappa shape index (κ3) is 4.31. The summed E-state index contributed by atoms with van der Waals surface area (Å²) in [5.74, 6) is -0.264. The van der Waals surface area contributed by atoms with E-state index < -0.39 is 12.5 Å². The highest BCUT2D eigenvalue weighted by molar-refractivity contribution is 7.10. The van der Waals surface area contributed by atoms with Crippen LogP contribution in [0.2, 0.25) is 0 Å². The molecule has 1 atom stereocenters. The van der Waals surface area contributed by atoms with Gasteiger partial charge in [0, 0.05) is 31.1 Å². The summed E-state index contributed by atoms with van der Waals surface area (Å²) in [6.07, 6.45) is -8.39. The molecule has 25 heavy (non-hydrogen) atoms. The molecule has 0 saturated carbocycles. The molecular formula is C17H18F4N2OS. The van der Waals surface area contributed by atoms with Crippen molar-refractivity contribution in [3.05, 3.63) is 52.2 Å². The van der Waals surface area contributed by atoms with Gasteiger partial charge < -0.3 is 10.1 Å². The lowest BCUT2D eigenvalue weighted by atomic mass is 10.0. The summed E-state index contributed by atoms with van der Waals surface area (Å²) in [5, 5.41) is 5.23. The molecule has 8 heteroatoms. The zero-order chi connectivity index (χ0) is 17.9. The first-order valence-electron chi connectivity index (χ1n) is 7.90. The Kier molecular flexibility index (Phi) is 5.61. The maximum atomic E-state index is 13.2. The third-order valence-electron chi connectivity index (χ3n) is 4.01. The van der Waals surface area contributed by atoms with Crippen LogP contribution in [-0.4, -0.2) is 43.6 Å². The molecule has 2 aromatic rings. The van der Waals surface area contributed by atoms with Gasteiger partial charge in [-0.15, -0.1) is 11.3 Å². The van der Waals surface area contributed by atoms with Crippen LogP contribution in [-0.2, 0) is 0 Å². The molecule has 2 heterocycles. The highest BCUT2D eigenvalue weighted by Crippen LogP contribution is 2.35. The molecule has 0 aliphatic carbocycles. The molecule has 1 fully saturated rings. The lowest BCUT2D eigenvalue weighted by Crippen LogP contribution is -2.45. The molecule has 0 spiro atoms. The fraction of sp³-hybridized carbons (Fsp3) is 0.412. The van der Waals surface area contributed by atoms with Gasteiger partial charge in [0.05, 0.1) is 6.04 Å². The highest BCUT2D eigenvalue weighted by atomic mass is 32.1. The van der Waals surface area contributed by atoms with Crippen LogP contribution in [0.5, 0.6) is 5.75 Å². The summed E-state index contributed by atoms with van der Waals surface area (Å²) in [4.78, 5) is 3.31. The number of hydrogen-bond donors (Lipinski definition) is 1. The van der Waals surface area contributed by atoms with E-state index in [9.17, 15) is 17.6 Å². The van der Waals surface area contributed by atoms with Crippen LogP contribution in [0.1, 0.15) is 16.5 Å². The van der Waals surface area contributed by atoms with Crippen LogP contribution >= 0.6 is 11.3 Å². The molecule has 1 N–H and O–H groups in total. The van der Waals surface area contributed by atoms with Crippen molar-refractivity contribution in [3.63, 3.8) is 0 Å². The van der Waals surface area contributed by atoms with E-state index in [1.807, 2.05) is 17.5 Å². The molecule has 0 unspecified atom stereocenters. The van der Waals surface area contributed by atoms with E-state index in [2.05, 4.69) is 15.0 Å². The minimum absolute atomic E-state index is 0.120. The Morgan fingerprint density at radius 1 is 1.12 bits per heavy atom. The summed E-state index contributed by atoms with van der Waals surface area (Å²) < 4.78 is 55.4. The molecular weight excluding hydrogens is 356 g/mol. The Labute approximate surface area is 147 Å². The molecule has 1 aromatic carbocycles. The number of ether oxygens (including phenoxy) is 1. The van der Waals surface area contributed by atoms with Crippen LogP contribution in [0.3, 0.4) is 0 Å². The van der Waals surface area contributed by atoms with Gasteiger partial charge in [0.25, 0.3) is 0 Å². The monoisotopic (exact) mass is 374 g/mol. The quantitative estimate of drug-likeness (QED) is 0.774. The largest absolute Gasteiger partial charge is 0.461 e. The van der Waals surface area contributed by atoms with Gasteiger partial charge >= 0.3 is 12.5 Å². The van der Waals surface area contributed by atoms with Crippen LogP contribution in [0.4, 0.5) is 17.6 Å². The molecule has 1 saturated heterocycles. The normalized spacial score (nSPS) is 17.6. The standard InChI is InChI=1S/C17H18F4N2OS/c18-16(19)17(20,21)24-13-4-1-3-12(11-13)15(14-5-2-10-25-14)23-8-6-22-7-9-23/h1-5,10-11,15-16,22H,6-9H2/t15-/m1/s1. The lowest BCUT2D eigenvalue weighted by molar-refractivity contribution is -0.253. The van der Waals surface area contributed by atoms with Crippen LogP contribution < -0.4 is 10.1 Å². The second-order valence-electron chi connectivity index (χ2n) is 5.74. The molecule has 3 nitrogen and oxygen atoms in total. The number of nitrogens with one attached hydrogen (secondary N) is 1. The third-order valence-corrected chi connectivity index (χ3v) is 4.94. The number of halogens is 4. The number of hydrogen-bond acceptors (Lipinski definition) is 4. The molecule has 1 aromatic heterocycles. The molecule has 0 amide bonds. The van der Waals surface area contributed by atoms with Gasteiger partial charge in [0.15, 0.2) is 0 Å². The molecule has 136 valence electrons. The van der Waals surface area contributed by atoms with E-state index in [-0.39, 0.29) is 11.8 Å². The molecule has 0 bridgehead atoms. The van der Waals surface area contributed by atoms with Crippen molar-refractivity contribution in [2.45, 2.75) is 18.6 Å². The van der Waals surface area contributed by atoms with Gasteiger partial charge in [-0.25, -0.2) is 0 Å². The molecule has 0 radical (unpaired) electrons. The van der Waals surface area contributed by atoms with Crippen molar-refractivity contribution in [2.75, 3.05) is 26.2 Å². The van der Waals surface area contributed by atoms with Crippen LogP contribution in [0.15, 0.2) is 41.8 Å². The zero-order valence-electron chi connectivity index (χ0n) is 13.3. The van der Waals surface area contributed by atoms with Crippen molar-refractivity contribution in [3.8, 4) is 5.75 Å². The lowest BCUT2D eigenvalue weighted by Gasteiger charge is -2.35. The average molecular weight is 374 g/mol. The van der Waals surface area contributed by atoms with Gasteiger partial charge in [-0.3, -0.25) is 4.90 Å². The van der Waals surface area contributed by atoms with Crippen molar-refractivity contribution in [1.82, 2.24) is 10.2 Å². The number of piperazine rings is 1. The van der Waals surface area contributed by atoms with E-state index in [0.29, 0.717) is 0 Å². The number of alkyl halides is 4. The van der Waals surface area contributed by atoms with Gasteiger partial charge in [-0.2, -0.15) is 17.6 Å². The van der Waals surface area contributed by atoms with Crippen molar-refractivity contribution in [1.29, 1.82) is 0 Å².